The first kappa shape index (κ1) is 32.1. The summed E-state index contributed by atoms with van der Waals surface area (Å²) in [6, 6.07) is 11.1. The van der Waals surface area contributed by atoms with Crippen LogP contribution in [-0.4, -0.2) is 111 Å². The van der Waals surface area contributed by atoms with Crippen molar-refractivity contribution in [2.75, 3.05) is 60.7 Å². The van der Waals surface area contributed by atoms with Crippen LogP contribution in [0.5, 0.6) is 17.2 Å². The Kier molecular flexibility index (Phi) is 9.81. The summed E-state index contributed by atoms with van der Waals surface area (Å²) in [7, 11) is 4.56. The average molecular weight is 624 g/mol. The number of esters is 1. The standard InChI is InChI=1S/C33H41N3O9/c1-5-44-32(40)23-13-17-34(18-14-23)30(38)25-21-45-33(36(25)29(37)22-9-11-24(41-2)12-10-22)15-19-35(20-16-33)31(39)28-26(42-3)7-6-8-27(28)43-4/h6-12,23,25H,5,13-21H2,1-4H3/t25-/m0/s1. The van der Waals surface area contributed by atoms with E-state index in [2.05, 4.69) is 0 Å². The second kappa shape index (κ2) is 13.8. The zero-order chi connectivity index (χ0) is 32.1. The van der Waals surface area contributed by atoms with Crippen LogP contribution < -0.4 is 14.2 Å². The summed E-state index contributed by atoms with van der Waals surface area (Å²) in [4.78, 5) is 59.1. The highest BCUT2D eigenvalue weighted by molar-refractivity contribution is 6.00. The maximum Gasteiger partial charge on any atom is 0.309 e. The fourth-order valence-corrected chi connectivity index (χ4v) is 6.51. The third kappa shape index (κ3) is 6.28. The number of carbonyl (C=O) groups is 4. The second-order valence-electron chi connectivity index (χ2n) is 11.4. The van der Waals surface area contributed by atoms with Crippen molar-refractivity contribution >= 4 is 23.7 Å². The Labute approximate surface area is 263 Å². The molecule has 3 saturated heterocycles. The van der Waals surface area contributed by atoms with Crippen LogP contribution in [0.2, 0.25) is 0 Å². The summed E-state index contributed by atoms with van der Waals surface area (Å²) in [6.07, 6.45) is 1.62. The molecule has 2 aromatic rings. The lowest BCUT2D eigenvalue weighted by atomic mass is 9.94. The Bertz CT molecular complexity index is 1370. The van der Waals surface area contributed by atoms with Gasteiger partial charge in [0.2, 0.25) is 5.91 Å². The molecule has 12 nitrogen and oxygen atoms in total. The summed E-state index contributed by atoms with van der Waals surface area (Å²) in [5.74, 6) is 0.138. The van der Waals surface area contributed by atoms with Crippen molar-refractivity contribution in [3.05, 3.63) is 53.6 Å². The monoisotopic (exact) mass is 623 g/mol. The lowest BCUT2D eigenvalue weighted by Crippen LogP contribution is -2.60. The molecule has 242 valence electrons. The fraction of sp³-hybridized carbons (Fsp3) is 0.515. The van der Waals surface area contributed by atoms with Crippen LogP contribution in [0.1, 0.15) is 53.3 Å². The van der Waals surface area contributed by atoms with E-state index in [0.717, 1.165) is 0 Å². The number of hydrogen-bond acceptors (Lipinski definition) is 9. The van der Waals surface area contributed by atoms with Gasteiger partial charge in [-0.05, 0) is 56.2 Å². The predicted octanol–water partition coefficient (Wildman–Crippen LogP) is 2.99. The van der Waals surface area contributed by atoms with E-state index in [1.807, 2.05) is 0 Å². The number of amides is 3. The van der Waals surface area contributed by atoms with Gasteiger partial charge in [0.1, 0.15) is 34.6 Å². The minimum Gasteiger partial charge on any atom is -0.497 e. The van der Waals surface area contributed by atoms with E-state index in [4.69, 9.17) is 23.7 Å². The third-order valence-corrected chi connectivity index (χ3v) is 9.00. The van der Waals surface area contributed by atoms with Gasteiger partial charge in [-0.3, -0.25) is 24.1 Å². The van der Waals surface area contributed by atoms with E-state index >= 15 is 0 Å². The van der Waals surface area contributed by atoms with Crippen molar-refractivity contribution in [2.45, 2.75) is 44.4 Å². The first-order chi connectivity index (χ1) is 21.8. The molecule has 0 N–H and O–H groups in total. The van der Waals surface area contributed by atoms with Gasteiger partial charge in [-0.2, -0.15) is 0 Å². The third-order valence-electron chi connectivity index (χ3n) is 9.00. The van der Waals surface area contributed by atoms with Crippen LogP contribution in [0, 0.1) is 5.92 Å². The molecular weight excluding hydrogens is 582 g/mol. The molecular formula is C33H41N3O9. The summed E-state index contributed by atoms with van der Waals surface area (Å²) in [5, 5.41) is 0. The van der Waals surface area contributed by atoms with Crippen LogP contribution in [0.3, 0.4) is 0 Å². The molecule has 3 aliphatic rings. The minimum absolute atomic E-state index is 0.0345. The molecule has 3 aliphatic heterocycles. The fourth-order valence-electron chi connectivity index (χ4n) is 6.51. The van der Waals surface area contributed by atoms with Gasteiger partial charge in [0.25, 0.3) is 11.8 Å². The molecule has 3 heterocycles. The van der Waals surface area contributed by atoms with E-state index < -0.39 is 11.8 Å². The number of benzene rings is 2. The van der Waals surface area contributed by atoms with Crippen molar-refractivity contribution in [2.24, 2.45) is 5.92 Å². The number of likely N-dealkylation sites (tertiary alicyclic amines) is 2. The molecule has 2 aromatic carbocycles. The summed E-state index contributed by atoms with van der Waals surface area (Å²) in [5.41, 5.74) is -0.351. The Balaban J connectivity index is 1.37. The number of methoxy groups -OCH3 is 3. The van der Waals surface area contributed by atoms with E-state index in [-0.39, 0.29) is 49.3 Å². The van der Waals surface area contributed by atoms with Gasteiger partial charge >= 0.3 is 5.97 Å². The minimum atomic E-state index is -1.08. The van der Waals surface area contributed by atoms with E-state index in [0.29, 0.717) is 73.8 Å². The van der Waals surface area contributed by atoms with Gasteiger partial charge in [-0.15, -0.1) is 0 Å². The summed E-state index contributed by atoms with van der Waals surface area (Å²) >= 11 is 0. The molecule has 0 aliphatic carbocycles. The van der Waals surface area contributed by atoms with Crippen LogP contribution in [0.25, 0.3) is 0 Å². The summed E-state index contributed by atoms with van der Waals surface area (Å²) < 4.78 is 27.8. The molecule has 0 radical (unpaired) electrons. The summed E-state index contributed by atoms with van der Waals surface area (Å²) in [6.45, 7) is 3.48. The SMILES string of the molecule is CCOC(=O)C1CCN(C(=O)[C@@H]2COC3(CCN(C(=O)c4c(OC)cccc4OC)CC3)N2C(=O)c2ccc(OC)cc2)CC1. The molecule has 0 saturated carbocycles. The molecule has 1 spiro atoms. The molecule has 0 bridgehead atoms. The zero-order valence-electron chi connectivity index (χ0n) is 26.3. The maximum absolute atomic E-state index is 14.2. The van der Waals surface area contributed by atoms with Gasteiger partial charge < -0.3 is 33.5 Å². The first-order valence-electron chi connectivity index (χ1n) is 15.3. The van der Waals surface area contributed by atoms with Gasteiger partial charge in [0.05, 0.1) is 40.5 Å². The topological polar surface area (TPSA) is 124 Å². The lowest BCUT2D eigenvalue weighted by molar-refractivity contribution is -0.152. The van der Waals surface area contributed by atoms with E-state index in [9.17, 15) is 19.2 Å². The second-order valence-corrected chi connectivity index (χ2v) is 11.4. The predicted molar refractivity (Wildman–Crippen MR) is 162 cm³/mol. The van der Waals surface area contributed by atoms with Crippen LogP contribution in [0.4, 0.5) is 0 Å². The first-order valence-corrected chi connectivity index (χ1v) is 15.3. The number of rotatable bonds is 8. The van der Waals surface area contributed by atoms with E-state index in [1.54, 1.807) is 71.2 Å². The Hall–Kier alpha value is -4.32. The number of hydrogen-bond donors (Lipinski definition) is 0. The van der Waals surface area contributed by atoms with Gasteiger partial charge in [0.15, 0.2) is 0 Å². The Morgan fingerprint density at radius 2 is 1.44 bits per heavy atom. The average Bonchev–Trinajstić information content (AvgIpc) is 3.45. The molecule has 3 amide bonds. The van der Waals surface area contributed by atoms with Gasteiger partial charge in [-0.25, -0.2) is 0 Å². The lowest BCUT2D eigenvalue weighted by Gasteiger charge is -2.45. The van der Waals surface area contributed by atoms with Crippen molar-refractivity contribution < 1.29 is 42.9 Å². The van der Waals surface area contributed by atoms with Crippen molar-refractivity contribution in [3.8, 4) is 17.2 Å². The van der Waals surface area contributed by atoms with Crippen LogP contribution in [-0.2, 0) is 19.1 Å². The molecule has 5 rings (SSSR count). The molecule has 0 aromatic heterocycles. The Morgan fingerprint density at radius 1 is 0.822 bits per heavy atom. The zero-order valence-corrected chi connectivity index (χ0v) is 26.3. The number of nitrogens with zero attached hydrogens (tertiary/aromatic N) is 3. The highest BCUT2D eigenvalue weighted by atomic mass is 16.5. The molecule has 0 unspecified atom stereocenters. The largest absolute Gasteiger partial charge is 0.497 e. The highest BCUT2D eigenvalue weighted by Crippen LogP contribution is 2.40. The molecule has 45 heavy (non-hydrogen) atoms. The Morgan fingerprint density at radius 3 is 2.00 bits per heavy atom. The molecule has 1 atom stereocenters. The van der Waals surface area contributed by atoms with Crippen molar-refractivity contribution in [1.82, 2.24) is 14.7 Å². The molecule has 12 heteroatoms. The quantitative estimate of drug-likeness (QED) is 0.408. The van der Waals surface area contributed by atoms with Crippen molar-refractivity contribution in [1.29, 1.82) is 0 Å². The maximum atomic E-state index is 14.2. The number of piperidine rings is 2. The number of ether oxygens (including phenoxy) is 5. The van der Waals surface area contributed by atoms with Crippen molar-refractivity contribution in [3.63, 3.8) is 0 Å². The van der Waals surface area contributed by atoms with E-state index in [1.165, 1.54) is 14.2 Å². The smallest absolute Gasteiger partial charge is 0.309 e. The van der Waals surface area contributed by atoms with Gasteiger partial charge in [-0.1, -0.05) is 6.07 Å². The number of carbonyl (C=O) groups excluding carboxylic acids is 4. The van der Waals surface area contributed by atoms with Crippen LogP contribution in [0.15, 0.2) is 42.5 Å². The highest BCUT2D eigenvalue weighted by Gasteiger charge is 2.55. The normalized spacial score (nSPS) is 19.7. The molecule has 3 fully saturated rings. The van der Waals surface area contributed by atoms with Gasteiger partial charge in [0, 0.05) is 44.6 Å². The van der Waals surface area contributed by atoms with Crippen LogP contribution >= 0.6 is 0 Å².